The highest BCUT2D eigenvalue weighted by molar-refractivity contribution is 7.99. The predicted octanol–water partition coefficient (Wildman–Crippen LogP) is 4.55. The number of amides is 1. The second-order valence-electron chi connectivity index (χ2n) is 5.65. The Morgan fingerprint density at radius 3 is 2.52 bits per heavy atom. The summed E-state index contributed by atoms with van der Waals surface area (Å²) >= 11 is 1.60. The van der Waals surface area contributed by atoms with E-state index in [2.05, 4.69) is 5.32 Å². The first-order valence-electron chi connectivity index (χ1n) is 7.99. The van der Waals surface area contributed by atoms with E-state index in [9.17, 15) is 13.6 Å². The fourth-order valence-electron chi connectivity index (χ4n) is 2.31. The molecule has 134 valence electrons. The molecule has 2 rings (SSSR count). The molecule has 0 heterocycles. The van der Waals surface area contributed by atoms with Crippen LogP contribution in [0, 0.1) is 11.6 Å². The largest absolute Gasteiger partial charge is 0.496 e. The van der Waals surface area contributed by atoms with Gasteiger partial charge < -0.3 is 10.1 Å². The van der Waals surface area contributed by atoms with E-state index in [1.54, 1.807) is 23.9 Å². The molecule has 3 nitrogen and oxygen atoms in total. The molecule has 0 spiro atoms. The van der Waals surface area contributed by atoms with Gasteiger partial charge in [-0.05, 0) is 48.9 Å². The summed E-state index contributed by atoms with van der Waals surface area (Å²) in [5.74, 6) is -0.182. The molecule has 0 aliphatic rings. The van der Waals surface area contributed by atoms with Crippen LogP contribution in [0.3, 0.4) is 0 Å². The van der Waals surface area contributed by atoms with Gasteiger partial charge in [0, 0.05) is 28.7 Å². The zero-order valence-electron chi connectivity index (χ0n) is 14.2. The van der Waals surface area contributed by atoms with Crippen LogP contribution in [0.15, 0.2) is 47.4 Å². The Bertz CT molecular complexity index is 707. The van der Waals surface area contributed by atoms with Crippen LogP contribution in [0.25, 0.3) is 0 Å². The van der Waals surface area contributed by atoms with Gasteiger partial charge in [-0.3, -0.25) is 4.79 Å². The number of nitrogens with one attached hydrogen (secondary N) is 1. The Labute approximate surface area is 150 Å². The van der Waals surface area contributed by atoms with Gasteiger partial charge in [0.1, 0.15) is 17.4 Å². The molecule has 25 heavy (non-hydrogen) atoms. The van der Waals surface area contributed by atoms with E-state index in [1.807, 2.05) is 6.92 Å². The Kier molecular flexibility index (Phi) is 7.25. The van der Waals surface area contributed by atoms with Crippen molar-refractivity contribution < 1.29 is 18.3 Å². The Balaban J connectivity index is 1.77. The molecule has 0 aromatic heterocycles. The molecule has 0 aliphatic carbocycles. The lowest BCUT2D eigenvalue weighted by Gasteiger charge is -2.12. The van der Waals surface area contributed by atoms with Crippen LogP contribution in [-0.2, 0) is 11.3 Å². The fraction of sp³-hybridized carbons (Fsp3) is 0.316. The Morgan fingerprint density at radius 1 is 1.16 bits per heavy atom. The molecule has 0 bridgehead atoms. The van der Waals surface area contributed by atoms with Crippen molar-refractivity contribution in [2.24, 2.45) is 0 Å². The summed E-state index contributed by atoms with van der Waals surface area (Å²) in [6.45, 7) is 2.25. The normalized spacial score (nSPS) is 11.8. The van der Waals surface area contributed by atoms with E-state index in [0.29, 0.717) is 24.2 Å². The van der Waals surface area contributed by atoms with Gasteiger partial charge in [0.2, 0.25) is 5.91 Å². The van der Waals surface area contributed by atoms with Gasteiger partial charge in [0.15, 0.2) is 0 Å². The van der Waals surface area contributed by atoms with Crippen molar-refractivity contribution in [2.75, 3.05) is 7.11 Å². The minimum absolute atomic E-state index is 0.0992. The third kappa shape index (κ3) is 6.38. The van der Waals surface area contributed by atoms with Gasteiger partial charge in [0.25, 0.3) is 0 Å². The van der Waals surface area contributed by atoms with E-state index in [1.165, 1.54) is 37.4 Å². The molecule has 1 N–H and O–H groups in total. The summed E-state index contributed by atoms with van der Waals surface area (Å²) in [5.41, 5.74) is 0.601. The average Bonchev–Trinajstić information content (AvgIpc) is 2.60. The van der Waals surface area contributed by atoms with Crippen LogP contribution in [0.1, 0.15) is 25.3 Å². The summed E-state index contributed by atoms with van der Waals surface area (Å²) in [5, 5.41) is 3.01. The van der Waals surface area contributed by atoms with Crippen molar-refractivity contribution in [2.45, 2.75) is 36.5 Å². The molecule has 0 radical (unpaired) electrons. The minimum atomic E-state index is -0.366. The maximum Gasteiger partial charge on any atom is 0.220 e. The summed E-state index contributed by atoms with van der Waals surface area (Å²) in [6.07, 6.45) is 1.06. The SMILES string of the molecule is COc1ccc(F)cc1CNC(=O)CCC(C)Sc1ccc(F)cc1. The molecule has 1 unspecified atom stereocenters. The van der Waals surface area contributed by atoms with E-state index < -0.39 is 0 Å². The van der Waals surface area contributed by atoms with E-state index in [-0.39, 0.29) is 29.3 Å². The van der Waals surface area contributed by atoms with E-state index in [4.69, 9.17) is 4.74 Å². The molecular formula is C19H21F2NO2S. The quantitative estimate of drug-likeness (QED) is 0.698. The second kappa shape index (κ2) is 9.42. The van der Waals surface area contributed by atoms with Gasteiger partial charge in [-0.1, -0.05) is 6.92 Å². The molecule has 2 aromatic carbocycles. The van der Waals surface area contributed by atoms with Crippen molar-refractivity contribution in [1.82, 2.24) is 5.32 Å². The summed E-state index contributed by atoms with van der Waals surface area (Å²) < 4.78 is 31.3. The topological polar surface area (TPSA) is 38.3 Å². The lowest BCUT2D eigenvalue weighted by atomic mass is 10.2. The zero-order valence-corrected chi connectivity index (χ0v) is 15.0. The molecular weight excluding hydrogens is 344 g/mol. The monoisotopic (exact) mass is 365 g/mol. The number of benzene rings is 2. The number of carbonyl (C=O) groups excluding carboxylic acids is 1. The molecule has 0 saturated heterocycles. The number of ether oxygens (including phenoxy) is 1. The third-order valence-electron chi connectivity index (χ3n) is 3.65. The predicted molar refractivity (Wildman–Crippen MR) is 95.8 cm³/mol. The summed E-state index contributed by atoms with van der Waals surface area (Å²) in [6, 6.07) is 10.5. The lowest BCUT2D eigenvalue weighted by Crippen LogP contribution is -2.23. The standard InChI is InChI=1S/C19H21F2NO2S/c1-13(25-17-7-4-15(20)5-8-17)3-10-19(23)22-12-14-11-16(21)6-9-18(14)24-2/h4-9,11,13H,3,10,12H2,1-2H3,(H,22,23). The molecule has 6 heteroatoms. The molecule has 0 aliphatic heterocycles. The van der Waals surface area contributed by atoms with Gasteiger partial charge in [-0.2, -0.15) is 0 Å². The molecule has 0 fully saturated rings. The first-order valence-corrected chi connectivity index (χ1v) is 8.87. The number of hydrogen-bond acceptors (Lipinski definition) is 3. The van der Waals surface area contributed by atoms with Crippen molar-refractivity contribution in [3.05, 3.63) is 59.7 Å². The number of carbonyl (C=O) groups is 1. The van der Waals surface area contributed by atoms with Crippen LogP contribution in [0.5, 0.6) is 5.75 Å². The number of hydrogen-bond donors (Lipinski definition) is 1. The zero-order chi connectivity index (χ0) is 18.2. The highest BCUT2D eigenvalue weighted by Gasteiger charge is 2.10. The van der Waals surface area contributed by atoms with Gasteiger partial charge in [-0.15, -0.1) is 11.8 Å². The van der Waals surface area contributed by atoms with Crippen molar-refractivity contribution in [3.8, 4) is 5.75 Å². The first-order chi connectivity index (χ1) is 12.0. The molecule has 1 atom stereocenters. The van der Waals surface area contributed by atoms with Crippen molar-refractivity contribution in [1.29, 1.82) is 0 Å². The van der Waals surface area contributed by atoms with Crippen LogP contribution < -0.4 is 10.1 Å². The number of rotatable bonds is 8. The first kappa shape index (κ1) is 19.2. The molecule has 1 amide bonds. The summed E-state index contributed by atoms with van der Waals surface area (Å²) in [4.78, 5) is 13.0. The number of methoxy groups -OCH3 is 1. The number of thioether (sulfide) groups is 1. The minimum Gasteiger partial charge on any atom is -0.496 e. The van der Waals surface area contributed by atoms with Gasteiger partial charge in [0.05, 0.1) is 7.11 Å². The lowest BCUT2D eigenvalue weighted by molar-refractivity contribution is -0.121. The second-order valence-corrected chi connectivity index (χ2v) is 7.17. The van der Waals surface area contributed by atoms with Gasteiger partial charge >= 0.3 is 0 Å². The average molecular weight is 365 g/mol. The van der Waals surface area contributed by atoms with Crippen LogP contribution in [0.4, 0.5) is 8.78 Å². The van der Waals surface area contributed by atoms with E-state index >= 15 is 0 Å². The van der Waals surface area contributed by atoms with Crippen LogP contribution in [-0.4, -0.2) is 18.3 Å². The molecule has 0 saturated carbocycles. The van der Waals surface area contributed by atoms with Crippen molar-refractivity contribution in [3.63, 3.8) is 0 Å². The van der Waals surface area contributed by atoms with Crippen LogP contribution in [0.2, 0.25) is 0 Å². The highest BCUT2D eigenvalue weighted by atomic mass is 32.2. The van der Waals surface area contributed by atoms with Crippen molar-refractivity contribution >= 4 is 17.7 Å². The smallest absolute Gasteiger partial charge is 0.220 e. The maximum absolute atomic E-state index is 13.3. The Morgan fingerprint density at radius 2 is 1.84 bits per heavy atom. The van der Waals surface area contributed by atoms with Gasteiger partial charge in [-0.25, -0.2) is 8.78 Å². The molecule has 2 aromatic rings. The van der Waals surface area contributed by atoms with E-state index in [0.717, 1.165) is 4.90 Å². The Hall–Kier alpha value is -2.08. The number of halogens is 2. The summed E-state index contributed by atoms with van der Waals surface area (Å²) in [7, 11) is 1.51. The fourth-order valence-corrected chi connectivity index (χ4v) is 3.30. The third-order valence-corrected chi connectivity index (χ3v) is 4.83. The highest BCUT2D eigenvalue weighted by Crippen LogP contribution is 2.26. The van der Waals surface area contributed by atoms with Crippen LogP contribution >= 0.6 is 11.8 Å². The maximum atomic E-state index is 13.3.